The van der Waals surface area contributed by atoms with Gasteiger partial charge >= 0.3 is 0 Å². The Labute approximate surface area is 140 Å². The topological polar surface area (TPSA) is 76.1 Å². The molecule has 1 amide bonds. The van der Waals surface area contributed by atoms with Gasteiger partial charge in [-0.3, -0.25) is 19.4 Å². The Bertz CT molecular complexity index is 662. The van der Waals surface area contributed by atoms with Crippen LogP contribution in [0, 0.1) is 5.92 Å². The molecule has 0 aromatic carbocycles. The van der Waals surface area contributed by atoms with Crippen molar-refractivity contribution in [2.24, 2.45) is 5.92 Å². The number of hydrogen-bond donors (Lipinski definition) is 2. The van der Waals surface area contributed by atoms with Gasteiger partial charge in [-0.25, -0.2) is 0 Å². The summed E-state index contributed by atoms with van der Waals surface area (Å²) >= 11 is 1.55. The van der Waals surface area contributed by atoms with Crippen LogP contribution in [0.5, 0.6) is 0 Å². The lowest BCUT2D eigenvalue weighted by molar-refractivity contribution is -0.113. The molecule has 0 unspecified atom stereocenters. The number of rotatable bonds is 2. The highest BCUT2D eigenvalue weighted by Crippen LogP contribution is 2.42. The zero-order chi connectivity index (χ0) is 16.8. The van der Waals surface area contributed by atoms with Crippen molar-refractivity contribution in [3.63, 3.8) is 0 Å². The van der Waals surface area contributed by atoms with Gasteiger partial charge in [-0.05, 0) is 32.6 Å². The lowest BCUT2D eigenvalue weighted by Gasteiger charge is -2.36. The van der Waals surface area contributed by atoms with Crippen molar-refractivity contribution >= 4 is 23.5 Å². The quantitative estimate of drug-likeness (QED) is 0.868. The molecule has 2 aliphatic heterocycles. The van der Waals surface area contributed by atoms with Crippen LogP contribution < -0.4 is 10.9 Å². The standard InChI is InChI=1S/C16H25N3O3S/c1-9(2)13-12-14(17-11(20)8-23-13)19(18-15(12)21)10-5-6-22-16(3,4)7-10/h9-10,13H,5-8H2,1-4H3,(H,17,20)(H,18,21)/t10-,13+/m1/s1. The number of fused-ring (bicyclic) bond motifs is 1. The second kappa shape index (κ2) is 6.02. The molecule has 6 nitrogen and oxygen atoms in total. The summed E-state index contributed by atoms with van der Waals surface area (Å²) < 4.78 is 7.65. The molecule has 0 saturated carbocycles. The maximum atomic E-state index is 12.6. The molecular weight excluding hydrogens is 314 g/mol. The Hall–Kier alpha value is -1.21. The fourth-order valence-electron chi connectivity index (χ4n) is 3.49. The van der Waals surface area contributed by atoms with Crippen molar-refractivity contribution in [2.45, 2.75) is 57.4 Å². The number of carbonyl (C=O) groups is 1. The summed E-state index contributed by atoms with van der Waals surface area (Å²) in [5.74, 6) is 1.29. The predicted octanol–water partition coefficient (Wildman–Crippen LogP) is 2.69. The Morgan fingerprint density at radius 1 is 1.35 bits per heavy atom. The van der Waals surface area contributed by atoms with Crippen LogP contribution in [0.3, 0.4) is 0 Å². The molecule has 7 heteroatoms. The van der Waals surface area contributed by atoms with E-state index in [9.17, 15) is 9.59 Å². The summed E-state index contributed by atoms with van der Waals surface area (Å²) in [5, 5.41) is 5.96. The monoisotopic (exact) mass is 339 g/mol. The predicted molar refractivity (Wildman–Crippen MR) is 92.0 cm³/mol. The van der Waals surface area contributed by atoms with Crippen LogP contribution >= 0.6 is 11.8 Å². The Morgan fingerprint density at radius 3 is 2.74 bits per heavy atom. The maximum Gasteiger partial charge on any atom is 0.270 e. The zero-order valence-corrected chi connectivity index (χ0v) is 15.0. The molecule has 0 aliphatic carbocycles. The number of nitrogens with one attached hydrogen (secondary N) is 2. The molecule has 2 N–H and O–H groups in total. The number of ether oxygens (including phenoxy) is 1. The molecule has 1 aromatic heterocycles. The molecule has 23 heavy (non-hydrogen) atoms. The van der Waals surface area contributed by atoms with Gasteiger partial charge in [0.25, 0.3) is 5.56 Å². The average Bonchev–Trinajstić information content (AvgIpc) is 2.65. The van der Waals surface area contributed by atoms with E-state index in [0.717, 1.165) is 12.8 Å². The normalized spacial score (nSPS) is 27.4. The smallest absolute Gasteiger partial charge is 0.270 e. The summed E-state index contributed by atoms with van der Waals surface area (Å²) in [5.41, 5.74) is 0.399. The number of hydrogen-bond acceptors (Lipinski definition) is 4. The van der Waals surface area contributed by atoms with Gasteiger partial charge in [-0.15, -0.1) is 11.8 Å². The second-order valence-corrected chi connectivity index (χ2v) is 8.48. The third-order valence-corrected chi connectivity index (χ3v) is 6.11. The molecule has 0 spiro atoms. The highest BCUT2D eigenvalue weighted by atomic mass is 32.2. The van der Waals surface area contributed by atoms with Gasteiger partial charge in [0.15, 0.2) is 0 Å². The van der Waals surface area contributed by atoms with Gasteiger partial charge in [0.1, 0.15) is 5.82 Å². The summed E-state index contributed by atoms with van der Waals surface area (Å²) in [6.45, 7) is 8.95. The second-order valence-electron chi connectivity index (χ2n) is 7.35. The Morgan fingerprint density at radius 2 is 2.09 bits per heavy atom. The highest BCUT2D eigenvalue weighted by molar-refractivity contribution is 8.00. The van der Waals surface area contributed by atoms with E-state index in [2.05, 4.69) is 38.1 Å². The van der Waals surface area contributed by atoms with Gasteiger partial charge in [0, 0.05) is 11.9 Å². The van der Waals surface area contributed by atoms with Crippen molar-refractivity contribution in [1.29, 1.82) is 0 Å². The minimum Gasteiger partial charge on any atom is -0.375 e. The van der Waals surface area contributed by atoms with Crippen LogP contribution in [0.1, 0.15) is 57.4 Å². The Kier molecular flexibility index (Phi) is 4.35. The molecule has 2 atom stereocenters. The van der Waals surface area contributed by atoms with Crippen molar-refractivity contribution in [1.82, 2.24) is 9.78 Å². The van der Waals surface area contributed by atoms with Crippen molar-refractivity contribution in [3.8, 4) is 0 Å². The first-order chi connectivity index (χ1) is 10.8. The van der Waals surface area contributed by atoms with E-state index in [1.165, 1.54) is 0 Å². The van der Waals surface area contributed by atoms with E-state index in [1.807, 2.05) is 4.68 Å². The van der Waals surface area contributed by atoms with E-state index in [1.54, 1.807) is 11.8 Å². The van der Waals surface area contributed by atoms with Crippen LogP contribution in [0.4, 0.5) is 5.82 Å². The molecule has 128 valence electrons. The summed E-state index contributed by atoms with van der Waals surface area (Å²) in [4.78, 5) is 24.7. The minimum absolute atomic E-state index is 0.0294. The van der Waals surface area contributed by atoms with Gasteiger partial charge in [-0.1, -0.05) is 13.8 Å². The number of H-pyrrole nitrogens is 1. The van der Waals surface area contributed by atoms with Crippen LogP contribution in [0.15, 0.2) is 4.79 Å². The van der Waals surface area contributed by atoms with E-state index < -0.39 is 0 Å². The van der Waals surface area contributed by atoms with Crippen molar-refractivity contribution in [3.05, 3.63) is 15.9 Å². The molecule has 1 saturated heterocycles. The largest absolute Gasteiger partial charge is 0.375 e. The number of carbonyl (C=O) groups excluding carboxylic acids is 1. The third kappa shape index (κ3) is 3.21. The number of nitrogens with zero attached hydrogens (tertiary/aromatic N) is 1. The molecule has 3 heterocycles. The lowest BCUT2D eigenvalue weighted by atomic mass is 9.94. The molecule has 1 aromatic rings. The highest BCUT2D eigenvalue weighted by Gasteiger charge is 2.36. The zero-order valence-electron chi connectivity index (χ0n) is 14.1. The molecule has 3 rings (SSSR count). The molecule has 2 aliphatic rings. The molecule has 0 bridgehead atoms. The minimum atomic E-state index is -0.224. The van der Waals surface area contributed by atoms with Crippen LogP contribution in [0.25, 0.3) is 0 Å². The number of amides is 1. The maximum absolute atomic E-state index is 12.6. The number of aromatic nitrogens is 2. The lowest BCUT2D eigenvalue weighted by Crippen LogP contribution is -2.36. The van der Waals surface area contributed by atoms with Gasteiger partial charge in [0.2, 0.25) is 5.91 Å². The average molecular weight is 339 g/mol. The van der Waals surface area contributed by atoms with E-state index in [-0.39, 0.29) is 34.3 Å². The van der Waals surface area contributed by atoms with E-state index in [0.29, 0.717) is 23.7 Å². The fraction of sp³-hybridized carbons (Fsp3) is 0.750. The van der Waals surface area contributed by atoms with E-state index in [4.69, 9.17) is 4.74 Å². The van der Waals surface area contributed by atoms with Gasteiger partial charge in [0.05, 0.1) is 23.0 Å². The molecule has 1 fully saturated rings. The van der Waals surface area contributed by atoms with Crippen LogP contribution in [0.2, 0.25) is 0 Å². The first-order valence-electron chi connectivity index (χ1n) is 8.18. The summed E-state index contributed by atoms with van der Waals surface area (Å²) in [7, 11) is 0. The van der Waals surface area contributed by atoms with Crippen LogP contribution in [-0.2, 0) is 9.53 Å². The van der Waals surface area contributed by atoms with E-state index >= 15 is 0 Å². The van der Waals surface area contributed by atoms with Gasteiger partial charge in [-0.2, -0.15) is 0 Å². The Balaban J connectivity index is 2.05. The van der Waals surface area contributed by atoms with Crippen molar-refractivity contribution < 1.29 is 9.53 Å². The number of aromatic amines is 1. The number of anilines is 1. The molecular formula is C16H25N3O3S. The van der Waals surface area contributed by atoms with Gasteiger partial charge < -0.3 is 10.1 Å². The number of thioether (sulfide) groups is 1. The summed E-state index contributed by atoms with van der Waals surface area (Å²) in [6.07, 6.45) is 1.63. The van der Waals surface area contributed by atoms with Crippen LogP contribution in [-0.4, -0.2) is 33.6 Å². The fourth-order valence-corrected chi connectivity index (χ4v) is 4.66. The third-order valence-electron chi connectivity index (χ3n) is 4.54. The molecule has 0 radical (unpaired) electrons. The summed E-state index contributed by atoms with van der Waals surface area (Å²) in [6, 6.07) is 0.131. The van der Waals surface area contributed by atoms with Crippen molar-refractivity contribution in [2.75, 3.05) is 17.7 Å². The first kappa shape index (κ1) is 16.6. The SMILES string of the molecule is CC(C)[C@@H]1SCC(=O)Nc2c1c(=O)[nH]n2[C@@H]1CCOC(C)(C)C1. The first-order valence-corrected chi connectivity index (χ1v) is 9.23.